The average molecular weight is 173 g/mol. The Morgan fingerprint density at radius 1 is 1.50 bits per heavy atom. The van der Waals surface area contributed by atoms with Crippen molar-refractivity contribution >= 4 is 5.91 Å². The predicted molar refractivity (Wildman–Crippen MR) is 49.5 cm³/mol. The molecule has 0 aliphatic carbocycles. The van der Waals surface area contributed by atoms with Crippen LogP contribution in [0.5, 0.6) is 0 Å². The van der Waals surface area contributed by atoms with Crippen LogP contribution < -0.4 is 16.8 Å². The molecule has 0 fully saturated rings. The van der Waals surface area contributed by atoms with Crippen LogP contribution >= 0.6 is 0 Å². The minimum Gasteiger partial charge on any atom is -0.354 e. The first-order chi connectivity index (χ1) is 5.56. The maximum atomic E-state index is 11.1. The molecule has 12 heavy (non-hydrogen) atoms. The van der Waals surface area contributed by atoms with Crippen LogP contribution in [0.2, 0.25) is 0 Å². The number of nitrogens with two attached hydrogens (primary N) is 2. The van der Waals surface area contributed by atoms with Gasteiger partial charge < -0.3 is 16.8 Å². The summed E-state index contributed by atoms with van der Waals surface area (Å²) >= 11 is 0. The summed E-state index contributed by atoms with van der Waals surface area (Å²) in [5.74, 6) is 0.00551. The maximum Gasteiger partial charge on any atom is 0.221 e. The molecule has 0 radical (unpaired) electrons. The number of rotatable bonds is 5. The SMILES string of the molecule is CC(C)NC(=O)CC(N)CCN. The minimum absolute atomic E-state index is 0.00551. The quantitative estimate of drug-likeness (QED) is 0.528. The van der Waals surface area contributed by atoms with Gasteiger partial charge in [-0.1, -0.05) is 0 Å². The highest BCUT2D eigenvalue weighted by Gasteiger charge is 2.08. The lowest BCUT2D eigenvalue weighted by molar-refractivity contribution is -0.121. The monoisotopic (exact) mass is 173 g/mol. The summed E-state index contributed by atoms with van der Waals surface area (Å²) in [6, 6.07) is 0.0799. The molecule has 0 spiro atoms. The van der Waals surface area contributed by atoms with E-state index in [0.717, 1.165) is 0 Å². The van der Waals surface area contributed by atoms with Crippen LogP contribution in [0.3, 0.4) is 0 Å². The minimum atomic E-state index is -0.103. The van der Waals surface area contributed by atoms with Crippen molar-refractivity contribution < 1.29 is 4.79 Å². The summed E-state index contributed by atoms with van der Waals surface area (Å²) in [4.78, 5) is 11.1. The molecule has 0 saturated heterocycles. The van der Waals surface area contributed by atoms with Crippen molar-refractivity contribution in [2.45, 2.75) is 38.8 Å². The van der Waals surface area contributed by atoms with Gasteiger partial charge in [0.2, 0.25) is 5.91 Å². The van der Waals surface area contributed by atoms with Crippen molar-refractivity contribution in [3.05, 3.63) is 0 Å². The van der Waals surface area contributed by atoms with Crippen LogP contribution in [0.15, 0.2) is 0 Å². The molecule has 1 atom stereocenters. The molecule has 4 nitrogen and oxygen atoms in total. The van der Waals surface area contributed by atoms with E-state index in [4.69, 9.17) is 11.5 Å². The molecule has 0 aliphatic heterocycles. The first-order valence-corrected chi connectivity index (χ1v) is 4.31. The molecule has 0 aromatic carbocycles. The van der Waals surface area contributed by atoms with Crippen molar-refractivity contribution in [2.24, 2.45) is 11.5 Å². The Morgan fingerprint density at radius 3 is 2.50 bits per heavy atom. The average Bonchev–Trinajstić information content (AvgIpc) is 1.84. The van der Waals surface area contributed by atoms with E-state index in [-0.39, 0.29) is 18.0 Å². The standard InChI is InChI=1S/C8H19N3O/c1-6(2)11-8(12)5-7(10)3-4-9/h6-7H,3-5,9-10H2,1-2H3,(H,11,12). The van der Waals surface area contributed by atoms with E-state index in [1.807, 2.05) is 13.8 Å². The van der Waals surface area contributed by atoms with Gasteiger partial charge in [0, 0.05) is 18.5 Å². The Hall–Kier alpha value is -0.610. The third kappa shape index (κ3) is 6.12. The van der Waals surface area contributed by atoms with Gasteiger partial charge in [0.25, 0.3) is 0 Å². The van der Waals surface area contributed by atoms with Crippen molar-refractivity contribution in [1.82, 2.24) is 5.32 Å². The van der Waals surface area contributed by atoms with E-state index < -0.39 is 0 Å². The van der Waals surface area contributed by atoms with E-state index in [9.17, 15) is 4.79 Å². The van der Waals surface area contributed by atoms with Gasteiger partial charge >= 0.3 is 0 Å². The van der Waals surface area contributed by atoms with Gasteiger partial charge in [0.1, 0.15) is 0 Å². The number of carbonyl (C=O) groups is 1. The van der Waals surface area contributed by atoms with Crippen molar-refractivity contribution in [2.75, 3.05) is 6.54 Å². The normalized spacial score (nSPS) is 13.1. The Labute approximate surface area is 73.7 Å². The van der Waals surface area contributed by atoms with Crippen molar-refractivity contribution in [3.8, 4) is 0 Å². The van der Waals surface area contributed by atoms with E-state index >= 15 is 0 Å². The highest BCUT2D eigenvalue weighted by atomic mass is 16.1. The Kier molecular flexibility index (Phi) is 5.66. The second-order valence-corrected chi connectivity index (χ2v) is 3.26. The number of hydrogen-bond acceptors (Lipinski definition) is 3. The van der Waals surface area contributed by atoms with Gasteiger partial charge in [0.05, 0.1) is 0 Å². The third-order valence-electron chi connectivity index (χ3n) is 1.43. The van der Waals surface area contributed by atoms with Crippen molar-refractivity contribution in [3.63, 3.8) is 0 Å². The first-order valence-electron chi connectivity index (χ1n) is 4.31. The predicted octanol–water partition coefficient (Wildman–Crippen LogP) is -0.423. The Bertz CT molecular complexity index is 136. The molecule has 0 aromatic heterocycles. The summed E-state index contributed by atoms with van der Waals surface area (Å²) in [5.41, 5.74) is 10.9. The molecule has 0 rings (SSSR count). The zero-order valence-corrected chi connectivity index (χ0v) is 7.84. The number of amides is 1. The smallest absolute Gasteiger partial charge is 0.221 e. The molecule has 5 N–H and O–H groups in total. The Balaban J connectivity index is 3.54. The van der Waals surface area contributed by atoms with Gasteiger partial charge in [-0.2, -0.15) is 0 Å². The second-order valence-electron chi connectivity index (χ2n) is 3.26. The largest absolute Gasteiger partial charge is 0.354 e. The Morgan fingerprint density at radius 2 is 2.08 bits per heavy atom. The van der Waals surface area contributed by atoms with Gasteiger partial charge in [-0.25, -0.2) is 0 Å². The molecular weight excluding hydrogens is 154 g/mol. The fraction of sp³-hybridized carbons (Fsp3) is 0.875. The van der Waals surface area contributed by atoms with Crippen LogP contribution in [0, 0.1) is 0 Å². The third-order valence-corrected chi connectivity index (χ3v) is 1.43. The second kappa shape index (κ2) is 5.97. The summed E-state index contributed by atoms with van der Waals surface area (Å²) in [6.07, 6.45) is 1.07. The molecular formula is C8H19N3O. The molecule has 4 heteroatoms. The lowest BCUT2D eigenvalue weighted by Gasteiger charge is -2.12. The molecule has 0 aromatic rings. The van der Waals surface area contributed by atoms with E-state index in [1.165, 1.54) is 0 Å². The fourth-order valence-electron chi connectivity index (χ4n) is 0.935. The zero-order valence-electron chi connectivity index (χ0n) is 7.84. The summed E-state index contributed by atoms with van der Waals surface area (Å²) < 4.78 is 0. The summed E-state index contributed by atoms with van der Waals surface area (Å²) in [6.45, 7) is 4.38. The van der Waals surface area contributed by atoms with Crippen LogP contribution in [0.1, 0.15) is 26.7 Å². The van der Waals surface area contributed by atoms with Crippen LogP contribution in [-0.2, 0) is 4.79 Å². The molecule has 1 amide bonds. The molecule has 0 saturated carbocycles. The van der Waals surface area contributed by atoms with E-state index in [1.54, 1.807) is 0 Å². The summed E-state index contributed by atoms with van der Waals surface area (Å²) in [7, 11) is 0. The molecule has 0 heterocycles. The van der Waals surface area contributed by atoms with Crippen LogP contribution in [0.4, 0.5) is 0 Å². The maximum absolute atomic E-state index is 11.1. The highest BCUT2D eigenvalue weighted by molar-refractivity contribution is 5.76. The molecule has 0 aliphatic rings. The van der Waals surface area contributed by atoms with Gasteiger partial charge in [-0.15, -0.1) is 0 Å². The highest BCUT2D eigenvalue weighted by Crippen LogP contribution is 1.93. The number of hydrogen-bond donors (Lipinski definition) is 3. The van der Waals surface area contributed by atoms with E-state index in [0.29, 0.717) is 19.4 Å². The number of nitrogens with one attached hydrogen (secondary N) is 1. The van der Waals surface area contributed by atoms with Gasteiger partial charge in [0.15, 0.2) is 0 Å². The zero-order chi connectivity index (χ0) is 9.56. The van der Waals surface area contributed by atoms with Crippen LogP contribution in [-0.4, -0.2) is 24.5 Å². The molecule has 72 valence electrons. The lowest BCUT2D eigenvalue weighted by atomic mass is 10.1. The first kappa shape index (κ1) is 11.4. The van der Waals surface area contributed by atoms with Gasteiger partial charge in [-0.3, -0.25) is 4.79 Å². The number of carbonyl (C=O) groups excluding carboxylic acids is 1. The van der Waals surface area contributed by atoms with E-state index in [2.05, 4.69) is 5.32 Å². The fourth-order valence-corrected chi connectivity index (χ4v) is 0.935. The molecule has 1 unspecified atom stereocenters. The lowest BCUT2D eigenvalue weighted by Crippen LogP contribution is -2.36. The van der Waals surface area contributed by atoms with Crippen LogP contribution in [0.25, 0.3) is 0 Å². The van der Waals surface area contributed by atoms with Crippen molar-refractivity contribution in [1.29, 1.82) is 0 Å². The summed E-state index contributed by atoms with van der Waals surface area (Å²) in [5, 5.41) is 2.77. The topological polar surface area (TPSA) is 81.1 Å². The molecule has 0 bridgehead atoms. The van der Waals surface area contributed by atoms with Gasteiger partial charge in [-0.05, 0) is 26.8 Å².